The highest BCUT2D eigenvalue weighted by atomic mass is 16.6. The summed E-state index contributed by atoms with van der Waals surface area (Å²) in [7, 11) is 0. The summed E-state index contributed by atoms with van der Waals surface area (Å²) in [5, 5.41) is 23.6. The summed E-state index contributed by atoms with van der Waals surface area (Å²) in [6.45, 7) is 0. The first-order chi connectivity index (χ1) is 16.9. The lowest BCUT2D eigenvalue weighted by atomic mass is 9.85. The summed E-state index contributed by atoms with van der Waals surface area (Å²) < 4.78 is 5.34. The number of benzene rings is 2. The van der Waals surface area contributed by atoms with Crippen LogP contribution in [-0.2, 0) is 0 Å². The zero-order chi connectivity index (χ0) is 24.5. The van der Waals surface area contributed by atoms with Crippen molar-refractivity contribution in [3.63, 3.8) is 0 Å². The van der Waals surface area contributed by atoms with E-state index in [1.165, 1.54) is 35.5 Å². The Morgan fingerprint density at radius 3 is 2.23 bits per heavy atom. The minimum atomic E-state index is -0.469. The van der Waals surface area contributed by atoms with E-state index >= 15 is 0 Å². The summed E-state index contributed by atoms with van der Waals surface area (Å²) in [5.41, 5.74) is 7.59. The number of allylic oxidation sites excluding steroid dienone is 1. The second-order valence-electron chi connectivity index (χ2n) is 8.29. The molecule has 0 spiro atoms. The molecule has 5 rings (SSSR count). The van der Waals surface area contributed by atoms with Crippen LogP contribution in [0.3, 0.4) is 0 Å². The lowest BCUT2D eigenvalue weighted by Gasteiger charge is -2.26. The molecule has 1 N–H and O–H groups in total. The predicted molar refractivity (Wildman–Crippen MR) is 126 cm³/mol. The van der Waals surface area contributed by atoms with E-state index in [1.54, 1.807) is 36.4 Å². The van der Waals surface area contributed by atoms with Gasteiger partial charge in [0.05, 0.1) is 21.8 Å². The Kier molecular flexibility index (Phi) is 5.61. The molecule has 3 aromatic rings. The second-order valence-corrected chi connectivity index (χ2v) is 8.29. The van der Waals surface area contributed by atoms with Crippen molar-refractivity contribution in [1.29, 1.82) is 0 Å². The number of non-ortho nitro benzene ring substituents is 2. The summed E-state index contributed by atoms with van der Waals surface area (Å²) in [4.78, 5) is 34.5. The molecular formula is C25H20N4O6. The summed E-state index contributed by atoms with van der Waals surface area (Å²) >= 11 is 0. The maximum Gasteiger partial charge on any atom is 0.308 e. The number of nitrogens with one attached hydrogen (secondary N) is 1. The number of carbonyl (C=O) groups is 1. The van der Waals surface area contributed by atoms with Crippen molar-refractivity contribution >= 4 is 23.4 Å². The number of nitrogens with zero attached hydrogens (tertiary/aromatic N) is 3. The number of nitro groups is 2. The van der Waals surface area contributed by atoms with E-state index in [9.17, 15) is 25.0 Å². The van der Waals surface area contributed by atoms with Crippen LogP contribution in [-0.4, -0.2) is 20.8 Å². The normalized spacial score (nSPS) is 18.3. The van der Waals surface area contributed by atoms with E-state index in [1.807, 2.05) is 6.08 Å². The number of nitro benzene ring substituents is 2. The monoisotopic (exact) mass is 472 g/mol. The maximum absolute atomic E-state index is 13.3. The summed E-state index contributed by atoms with van der Waals surface area (Å²) in [5.74, 6) is -0.187. The highest BCUT2D eigenvalue weighted by Gasteiger charge is 2.40. The molecule has 10 nitrogen and oxygen atoms in total. The summed E-state index contributed by atoms with van der Waals surface area (Å²) in [6.07, 6.45) is 5.74. The first kappa shape index (κ1) is 22.1. The van der Waals surface area contributed by atoms with Crippen LogP contribution in [0.1, 0.15) is 47.0 Å². The van der Waals surface area contributed by atoms with Gasteiger partial charge in [-0.15, -0.1) is 0 Å². The van der Waals surface area contributed by atoms with E-state index in [2.05, 4.69) is 5.43 Å². The molecule has 1 aliphatic carbocycles. The van der Waals surface area contributed by atoms with Gasteiger partial charge in [-0.2, -0.15) is 0 Å². The number of amides is 1. The van der Waals surface area contributed by atoms with E-state index in [0.717, 1.165) is 47.2 Å². The number of hydrazine groups is 1. The highest BCUT2D eigenvalue weighted by molar-refractivity contribution is 5.92. The number of hydrogen-bond acceptors (Lipinski definition) is 7. The van der Waals surface area contributed by atoms with Gasteiger partial charge in [-0.3, -0.25) is 30.4 Å². The Morgan fingerprint density at radius 1 is 0.971 bits per heavy atom. The van der Waals surface area contributed by atoms with Gasteiger partial charge in [-0.1, -0.05) is 0 Å². The van der Waals surface area contributed by atoms with Gasteiger partial charge in [0.2, 0.25) is 0 Å². The third-order valence-electron chi connectivity index (χ3n) is 6.17. The van der Waals surface area contributed by atoms with Crippen LogP contribution in [0, 0.1) is 20.2 Å². The molecule has 2 aliphatic rings. The first-order valence-electron chi connectivity index (χ1n) is 11.0. The van der Waals surface area contributed by atoms with Crippen LogP contribution < -0.4 is 5.43 Å². The number of rotatable bonds is 5. The highest BCUT2D eigenvalue weighted by Crippen LogP contribution is 2.44. The quantitative estimate of drug-likeness (QED) is 0.393. The number of hydrogen-bond donors (Lipinski definition) is 1. The van der Waals surface area contributed by atoms with Crippen molar-refractivity contribution in [1.82, 2.24) is 10.4 Å². The standard InChI is InChI=1S/C25H20N4O6/c30-25(22-5-2-14-35-22)27-24(17-8-12-20(13-9-17)29(33)34)21-4-1-3-18(23(21)26-27)15-16-6-10-19(11-7-16)28(31)32/h2,5-15,24,26H,1,3-4H2/b18-15+/t24-/m0/s1. The molecule has 0 saturated heterocycles. The fourth-order valence-corrected chi connectivity index (χ4v) is 4.54. The molecule has 1 aliphatic heterocycles. The number of carbonyl (C=O) groups excluding carboxylic acids is 1. The molecule has 2 aromatic carbocycles. The van der Waals surface area contributed by atoms with Gasteiger partial charge < -0.3 is 4.42 Å². The van der Waals surface area contributed by atoms with Gasteiger partial charge in [-0.25, -0.2) is 5.01 Å². The van der Waals surface area contributed by atoms with Crippen molar-refractivity contribution in [3.05, 3.63) is 121 Å². The average molecular weight is 472 g/mol. The first-order valence-corrected chi connectivity index (χ1v) is 11.0. The van der Waals surface area contributed by atoms with E-state index in [-0.39, 0.29) is 23.0 Å². The largest absolute Gasteiger partial charge is 0.459 e. The molecular weight excluding hydrogens is 452 g/mol. The zero-order valence-electron chi connectivity index (χ0n) is 18.4. The fraction of sp³-hybridized carbons (Fsp3) is 0.160. The van der Waals surface area contributed by atoms with Gasteiger partial charge in [0.25, 0.3) is 11.4 Å². The smallest absolute Gasteiger partial charge is 0.308 e. The van der Waals surface area contributed by atoms with Gasteiger partial charge in [0.15, 0.2) is 5.76 Å². The molecule has 0 bridgehead atoms. The Balaban J connectivity index is 1.55. The average Bonchev–Trinajstić information content (AvgIpc) is 3.53. The molecule has 1 atom stereocenters. The van der Waals surface area contributed by atoms with Crippen LogP contribution in [0.5, 0.6) is 0 Å². The molecule has 0 fully saturated rings. The molecule has 0 unspecified atom stereocenters. The Morgan fingerprint density at radius 2 is 1.63 bits per heavy atom. The van der Waals surface area contributed by atoms with Gasteiger partial charge in [-0.05, 0) is 84.0 Å². The van der Waals surface area contributed by atoms with Crippen molar-refractivity contribution in [3.8, 4) is 0 Å². The van der Waals surface area contributed by atoms with Crippen molar-refractivity contribution in [2.75, 3.05) is 0 Å². The maximum atomic E-state index is 13.3. The molecule has 35 heavy (non-hydrogen) atoms. The topological polar surface area (TPSA) is 132 Å². The predicted octanol–water partition coefficient (Wildman–Crippen LogP) is 5.32. The molecule has 1 amide bonds. The van der Waals surface area contributed by atoms with Crippen LogP contribution in [0.15, 0.2) is 88.2 Å². The minimum Gasteiger partial charge on any atom is -0.459 e. The van der Waals surface area contributed by atoms with Crippen LogP contribution >= 0.6 is 0 Å². The van der Waals surface area contributed by atoms with E-state index in [4.69, 9.17) is 4.42 Å². The van der Waals surface area contributed by atoms with Crippen molar-refractivity contribution < 1.29 is 19.1 Å². The SMILES string of the molecule is O=C(c1ccco1)N1NC2=C(CCC/C2=C\c2ccc([N+](=O)[O-])cc2)[C@@H]1c1ccc([N+](=O)[O-])cc1. The molecule has 2 heterocycles. The van der Waals surface area contributed by atoms with E-state index in [0.29, 0.717) is 0 Å². The fourth-order valence-electron chi connectivity index (χ4n) is 4.54. The van der Waals surface area contributed by atoms with Gasteiger partial charge >= 0.3 is 5.91 Å². The lowest BCUT2D eigenvalue weighted by molar-refractivity contribution is -0.385. The Bertz CT molecular complexity index is 1360. The Labute approximate surface area is 199 Å². The summed E-state index contributed by atoms with van der Waals surface area (Å²) in [6, 6.07) is 15.2. The van der Waals surface area contributed by atoms with Crippen LogP contribution in [0.2, 0.25) is 0 Å². The minimum absolute atomic E-state index is 0.0168. The third-order valence-corrected chi connectivity index (χ3v) is 6.17. The Hall–Kier alpha value is -4.73. The van der Waals surface area contributed by atoms with Gasteiger partial charge in [0.1, 0.15) is 6.04 Å². The van der Waals surface area contributed by atoms with Crippen molar-refractivity contribution in [2.24, 2.45) is 0 Å². The van der Waals surface area contributed by atoms with E-state index < -0.39 is 15.9 Å². The van der Waals surface area contributed by atoms with Crippen LogP contribution in [0.25, 0.3) is 6.08 Å². The molecule has 1 aromatic heterocycles. The molecule has 0 radical (unpaired) electrons. The molecule has 176 valence electrons. The molecule has 0 saturated carbocycles. The van der Waals surface area contributed by atoms with Crippen LogP contribution in [0.4, 0.5) is 11.4 Å². The second kappa shape index (κ2) is 8.90. The van der Waals surface area contributed by atoms with Gasteiger partial charge in [0, 0.05) is 24.3 Å². The third kappa shape index (κ3) is 4.17. The van der Waals surface area contributed by atoms with Crippen molar-refractivity contribution in [2.45, 2.75) is 25.3 Å². The lowest BCUT2D eigenvalue weighted by Crippen LogP contribution is -2.40. The zero-order valence-corrected chi connectivity index (χ0v) is 18.4. The number of furan rings is 1. The molecule has 10 heteroatoms.